The quantitative estimate of drug-likeness (QED) is 0.496. The normalized spacial score (nSPS) is 13.0. The van der Waals surface area contributed by atoms with Crippen LogP contribution in [-0.4, -0.2) is 17.7 Å². The Kier molecular flexibility index (Phi) is 3.23. The van der Waals surface area contributed by atoms with E-state index in [4.69, 9.17) is 11.6 Å². The Labute approximate surface area is 125 Å². The molecule has 7 heteroatoms. The first-order chi connectivity index (χ1) is 10.1. The fourth-order valence-corrected chi connectivity index (χ4v) is 2.39. The fourth-order valence-electron chi connectivity index (χ4n) is 2.27. The summed E-state index contributed by atoms with van der Waals surface area (Å²) in [4.78, 5) is 25.6. The van der Waals surface area contributed by atoms with E-state index in [0.717, 1.165) is 0 Å². The van der Waals surface area contributed by atoms with Gasteiger partial charge < -0.3 is 10.5 Å². The van der Waals surface area contributed by atoms with Crippen molar-refractivity contribution in [3.05, 3.63) is 53.4 Å². The number of anilines is 3. The summed E-state index contributed by atoms with van der Waals surface area (Å²) >= 11 is 5.65. The van der Waals surface area contributed by atoms with Gasteiger partial charge in [-0.2, -0.15) is 4.90 Å². The predicted molar refractivity (Wildman–Crippen MR) is 77.7 cm³/mol. The lowest BCUT2D eigenvalue weighted by molar-refractivity contribution is -0.590. The van der Waals surface area contributed by atoms with Crippen LogP contribution in [0.15, 0.2) is 42.6 Å². The number of rotatable bonds is 1. The SMILES string of the molecule is O=C1Nc2ccc[n+]([O-])c2N(C(=O)CCl)c2ccccc21. The summed E-state index contributed by atoms with van der Waals surface area (Å²) in [7, 11) is 0. The van der Waals surface area contributed by atoms with Gasteiger partial charge in [0.05, 0.1) is 11.8 Å². The minimum Gasteiger partial charge on any atom is -0.711 e. The molecule has 0 fully saturated rings. The number of alkyl halides is 1. The molecule has 1 N–H and O–H groups in total. The number of nitrogens with one attached hydrogen (secondary N) is 1. The van der Waals surface area contributed by atoms with Crippen LogP contribution in [0.4, 0.5) is 17.2 Å². The molecule has 0 aliphatic carbocycles. The van der Waals surface area contributed by atoms with Crippen LogP contribution in [0.25, 0.3) is 0 Å². The first-order valence-corrected chi connectivity index (χ1v) is 6.68. The number of fused-ring (bicyclic) bond motifs is 2. The number of halogens is 1. The van der Waals surface area contributed by atoms with Gasteiger partial charge in [-0.15, -0.1) is 11.6 Å². The highest BCUT2D eigenvalue weighted by molar-refractivity contribution is 6.31. The van der Waals surface area contributed by atoms with Gasteiger partial charge in [0.25, 0.3) is 5.91 Å². The van der Waals surface area contributed by atoms with E-state index in [1.807, 2.05) is 0 Å². The summed E-state index contributed by atoms with van der Waals surface area (Å²) in [5, 5.41) is 14.7. The molecule has 6 nitrogen and oxygen atoms in total. The Bertz CT molecular complexity index is 748. The topological polar surface area (TPSA) is 76.4 Å². The zero-order chi connectivity index (χ0) is 15.0. The van der Waals surface area contributed by atoms with Crippen LogP contribution in [0.3, 0.4) is 0 Å². The molecule has 1 aliphatic heterocycles. The number of pyridine rings is 1. The Morgan fingerprint density at radius 1 is 1.29 bits per heavy atom. The van der Waals surface area contributed by atoms with E-state index in [0.29, 0.717) is 16.0 Å². The summed E-state index contributed by atoms with van der Waals surface area (Å²) in [6.45, 7) is 0. The van der Waals surface area contributed by atoms with Gasteiger partial charge >= 0.3 is 11.7 Å². The Balaban J connectivity index is 2.34. The molecular formula is C14H10ClN3O3. The lowest BCUT2D eigenvalue weighted by Gasteiger charge is -2.18. The van der Waals surface area contributed by atoms with Gasteiger partial charge in [-0.1, -0.05) is 12.1 Å². The van der Waals surface area contributed by atoms with Crippen molar-refractivity contribution in [1.82, 2.24) is 0 Å². The number of para-hydroxylation sites is 1. The Morgan fingerprint density at radius 2 is 2.05 bits per heavy atom. The standard InChI is InChI=1S/C14H10ClN3O3/c15-8-12(19)18-11-6-2-1-4-9(11)13(20)16-10-5-3-7-17(21)14(10)18/h1-7H,8H2,(H,16,20). The highest BCUT2D eigenvalue weighted by Crippen LogP contribution is 2.35. The zero-order valence-corrected chi connectivity index (χ0v) is 11.5. The summed E-state index contributed by atoms with van der Waals surface area (Å²) in [6.07, 6.45) is 1.26. The van der Waals surface area contributed by atoms with Crippen molar-refractivity contribution >= 4 is 40.6 Å². The number of benzene rings is 1. The molecule has 0 saturated carbocycles. The summed E-state index contributed by atoms with van der Waals surface area (Å²) in [6, 6.07) is 9.60. The van der Waals surface area contributed by atoms with Crippen LogP contribution in [0.5, 0.6) is 0 Å². The van der Waals surface area contributed by atoms with Crippen molar-refractivity contribution in [3.63, 3.8) is 0 Å². The molecule has 0 atom stereocenters. The van der Waals surface area contributed by atoms with Crippen LogP contribution >= 0.6 is 11.6 Å². The maximum Gasteiger partial charge on any atom is 0.329 e. The molecule has 21 heavy (non-hydrogen) atoms. The molecule has 1 aromatic carbocycles. The molecule has 0 saturated heterocycles. The lowest BCUT2D eigenvalue weighted by Crippen LogP contribution is -2.39. The number of hydrogen-bond acceptors (Lipinski definition) is 3. The number of carbonyl (C=O) groups is 2. The second-order valence-corrected chi connectivity index (χ2v) is 4.67. The lowest BCUT2D eigenvalue weighted by atomic mass is 10.1. The van der Waals surface area contributed by atoms with E-state index < -0.39 is 5.91 Å². The van der Waals surface area contributed by atoms with Crippen molar-refractivity contribution in [1.29, 1.82) is 0 Å². The van der Waals surface area contributed by atoms with Gasteiger partial charge in [-0.25, -0.2) is 9.52 Å². The molecule has 0 unspecified atom stereocenters. The molecule has 0 bridgehead atoms. The third kappa shape index (κ3) is 2.09. The van der Waals surface area contributed by atoms with Gasteiger partial charge in [0, 0.05) is 0 Å². The summed E-state index contributed by atoms with van der Waals surface area (Å²) in [5.74, 6) is -1.15. The van der Waals surface area contributed by atoms with Crippen molar-refractivity contribution in [2.45, 2.75) is 0 Å². The molecule has 0 spiro atoms. The van der Waals surface area contributed by atoms with Gasteiger partial charge in [-0.05, 0) is 24.3 Å². The van der Waals surface area contributed by atoms with Gasteiger partial charge in [0.1, 0.15) is 17.3 Å². The van der Waals surface area contributed by atoms with Gasteiger partial charge in [0.15, 0.2) is 0 Å². The first-order valence-electron chi connectivity index (χ1n) is 6.15. The van der Waals surface area contributed by atoms with Gasteiger partial charge in [-0.3, -0.25) is 4.79 Å². The third-order valence-corrected chi connectivity index (χ3v) is 3.38. The second-order valence-electron chi connectivity index (χ2n) is 4.41. The molecule has 106 valence electrons. The number of carbonyl (C=O) groups excluding carboxylic acids is 2. The van der Waals surface area contributed by atoms with E-state index in [-0.39, 0.29) is 23.3 Å². The van der Waals surface area contributed by atoms with Gasteiger partial charge in [0.2, 0.25) is 0 Å². The molecule has 2 amide bonds. The number of amides is 2. The smallest absolute Gasteiger partial charge is 0.329 e. The Morgan fingerprint density at radius 3 is 2.81 bits per heavy atom. The van der Waals surface area contributed by atoms with E-state index in [1.54, 1.807) is 30.3 Å². The molecule has 1 aromatic heterocycles. The third-order valence-electron chi connectivity index (χ3n) is 3.15. The monoisotopic (exact) mass is 303 g/mol. The van der Waals surface area contributed by atoms with Crippen molar-refractivity contribution in [2.75, 3.05) is 16.1 Å². The maximum absolute atomic E-state index is 12.2. The molecule has 1 aliphatic rings. The zero-order valence-electron chi connectivity index (χ0n) is 10.7. The van der Waals surface area contributed by atoms with E-state index >= 15 is 0 Å². The highest BCUT2D eigenvalue weighted by atomic mass is 35.5. The van der Waals surface area contributed by atoms with Crippen molar-refractivity contribution in [3.8, 4) is 0 Å². The van der Waals surface area contributed by atoms with E-state index in [1.165, 1.54) is 17.2 Å². The molecular weight excluding hydrogens is 294 g/mol. The first kappa shape index (κ1) is 13.4. The molecule has 2 aromatic rings. The van der Waals surface area contributed by atoms with E-state index in [2.05, 4.69) is 5.32 Å². The average Bonchev–Trinajstić information content (AvgIpc) is 2.62. The summed E-state index contributed by atoms with van der Waals surface area (Å²) in [5.41, 5.74) is 0.884. The van der Waals surface area contributed by atoms with E-state index in [9.17, 15) is 14.8 Å². The van der Waals surface area contributed by atoms with Crippen LogP contribution in [0, 0.1) is 5.21 Å². The van der Waals surface area contributed by atoms with Crippen LogP contribution in [-0.2, 0) is 4.79 Å². The molecule has 0 radical (unpaired) electrons. The predicted octanol–water partition coefficient (Wildman–Crippen LogP) is 1.79. The maximum atomic E-state index is 12.2. The van der Waals surface area contributed by atoms with Crippen LogP contribution < -0.4 is 14.9 Å². The minimum atomic E-state index is -0.488. The second kappa shape index (κ2) is 5.06. The van der Waals surface area contributed by atoms with Crippen molar-refractivity contribution < 1.29 is 14.3 Å². The number of aromatic nitrogens is 1. The Hall–Kier alpha value is -2.60. The van der Waals surface area contributed by atoms with Crippen LogP contribution in [0.1, 0.15) is 10.4 Å². The van der Waals surface area contributed by atoms with Crippen LogP contribution in [0.2, 0.25) is 0 Å². The average molecular weight is 304 g/mol. The van der Waals surface area contributed by atoms with Crippen molar-refractivity contribution in [2.24, 2.45) is 0 Å². The summed E-state index contributed by atoms with van der Waals surface area (Å²) < 4.78 is 0.530. The number of hydrogen-bond donors (Lipinski definition) is 1. The fraction of sp³-hybridized carbons (Fsp3) is 0.0714. The molecule has 3 rings (SSSR count). The highest BCUT2D eigenvalue weighted by Gasteiger charge is 2.36. The number of nitrogens with zero attached hydrogens (tertiary/aromatic N) is 2. The minimum absolute atomic E-state index is 0.0291. The molecule has 2 heterocycles. The largest absolute Gasteiger partial charge is 0.711 e.